The molecule has 1 aliphatic rings. The number of amides is 3. The zero-order valence-electron chi connectivity index (χ0n) is 25.6. The van der Waals surface area contributed by atoms with Crippen molar-refractivity contribution in [2.24, 2.45) is 11.8 Å². The lowest BCUT2D eigenvalue weighted by Crippen LogP contribution is -2.55. The minimum atomic E-state index is -0.891. The van der Waals surface area contributed by atoms with Gasteiger partial charge in [0.1, 0.15) is 11.8 Å². The summed E-state index contributed by atoms with van der Waals surface area (Å²) in [5.41, 5.74) is 2.14. The van der Waals surface area contributed by atoms with Crippen LogP contribution in [-0.2, 0) is 20.8 Å². The number of hydrogen-bond acceptors (Lipinski definition) is 5. The first-order valence-electron chi connectivity index (χ1n) is 15.4. The van der Waals surface area contributed by atoms with E-state index in [1.54, 1.807) is 0 Å². The molecule has 0 aliphatic heterocycles. The molecular weight excluding hydrogens is 530 g/mol. The first-order chi connectivity index (χ1) is 20.1. The molecule has 4 N–H and O–H groups in total. The Kier molecular flexibility index (Phi) is 13.3. The van der Waals surface area contributed by atoms with Crippen molar-refractivity contribution in [3.63, 3.8) is 0 Å². The number of carbonyl (C=O) groups excluding carboxylic acids is 3. The van der Waals surface area contributed by atoms with Crippen LogP contribution in [0.2, 0.25) is 0 Å². The topological polar surface area (TPSA) is 117 Å². The van der Waals surface area contributed by atoms with Crippen LogP contribution in [0, 0.1) is 18.8 Å². The largest absolute Gasteiger partial charge is 0.493 e. The molecule has 2 aromatic rings. The number of hydrogen-bond donors (Lipinski definition) is 4. The Labute approximate surface area is 251 Å². The van der Waals surface area contributed by atoms with Crippen LogP contribution >= 0.6 is 0 Å². The first kappa shape index (κ1) is 33.1. The van der Waals surface area contributed by atoms with Gasteiger partial charge in [0.25, 0.3) is 0 Å². The van der Waals surface area contributed by atoms with Gasteiger partial charge in [-0.25, -0.2) is 0 Å². The zero-order chi connectivity index (χ0) is 30.5. The predicted molar refractivity (Wildman–Crippen MR) is 165 cm³/mol. The van der Waals surface area contributed by atoms with Crippen molar-refractivity contribution in [1.29, 1.82) is 0 Å². The molecule has 1 saturated carbocycles. The van der Waals surface area contributed by atoms with Crippen molar-refractivity contribution in [2.75, 3.05) is 6.61 Å². The minimum Gasteiger partial charge on any atom is -0.493 e. The number of benzene rings is 2. The van der Waals surface area contributed by atoms with Crippen LogP contribution in [0.15, 0.2) is 54.6 Å². The van der Waals surface area contributed by atoms with E-state index >= 15 is 0 Å². The van der Waals surface area contributed by atoms with Crippen molar-refractivity contribution in [3.8, 4) is 5.75 Å². The molecule has 0 saturated heterocycles. The minimum absolute atomic E-state index is 0.0851. The van der Waals surface area contributed by atoms with Crippen molar-refractivity contribution >= 4 is 17.7 Å². The second-order valence-electron chi connectivity index (χ2n) is 12.0. The summed E-state index contributed by atoms with van der Waals surface area (Å²) in [6.07, 6.45) is 5.29. The molecule has 1 fully saturated rings. The molecule has 230 valence electrons. The smallest absolute Gasteiger partial charge is 0.243 e. The van der Waals surface area contributed by atoms with E-state index in [0.717, 1.165) is 43.2 Å². The number of aryl methyl sites for hydroxylation is 1. The first-order valence-corrected chi connectivity index (χ1v) is 15.4. The summed E-state index contributed by atoms with van der Waals surface area (Å²) >= 11 is 0. The molecule has 0 radical (unpaired) electrons. The molecule has 0 heterocycles. The number of nitrogens with one attached hydrogen (secondary N) is 3. The quantitative estimate of drug-likeness (QED) is 0.249. The van der Waals surface area contributed by atoms with Crippen LogP contribution in [-0.4, -0.2) is 53.7 Å². The van der Waals surface area contributed by atoms with E-state index in [1.165, 1.54) is 6.92 Å². The van der Waals surface area contributed by atoms with Gasteiger partial charge in [0.15, 0.2) is 0 Å². The van der Waals surface area contributed by atoms with Gasteiger partial charge < -0.3 is 25.8 Å². The Hall–Kier alpha value is -3.39. The maximum absolute atomic E-state index is 13.4. The number of ether oxygens (including phenoxy) is 1. The highest BCUT2D eigenvalue weighted by atomic mass is 16.5. The summed E-state index contributed by atoms with van der Waals surface area (Å²) in [4.78, 5) is 38.2. The molecule has 3 amide bonds. The van der Waals surface area contributed by atoms with E-state index in [0.29, 0.717) is 18.6 Å². The van der Waals surface area contributed by atoms with Crippen LogP contribution in [0.5, 0.6) is 5.75 Å². The van der Waals surface area contributed by atoms with E-state index in [9.17, 15) is 19.5 Å². The standard InChI is InChI=1S/C34H49N3O5/c1-23(2)33(35-25(4)38)34(41)37-29(27-13-9-6-10-14-27)22-31(39)30(21-26-11-7-5-8-12-26)36-32(40)19-20-42-28-17-15-24(3)16-18-28/h5,7-8,11-12,15-18,23,27,29-31,33,39H,6,9-10,13-14,19-22H2,1-4H3,(H,35,38)(H,36,40)(H,37,41)/t29?,30?,31-,33?/m0/s1. The van der Waals surface area contributed by atoms with E-state index < -0.39 is 18.2 Å². The molecule has 0 bridgehead atoms. The summed E-state index contributed by atoms with van der Waals surface area (Å²) in [7, 11) is 0. The van der Waals surface area contributed by atoms with Crippen LogP contribution < -0.4 is 20.7 Å². The fourth-order valence-corrected chi connectivity index (χ4v) is 5.68. The van der Waals surface area contributed by atoms with Crippen molar-refractivity contribution in [1.82, 2.24) is 16.0 Å². The van der Waals surface area contributed by atoms with Crippen LogP contribution in [0.4, 0.5) is 0 Å². The molecule has 8 heteroatoms. The van der Waals surface area contributed by atoms with Gasteiger partial charge in [0, 0.05) is 13.0 Å². The van der Waals surface area contributed by atoms with E-state index in [4.69, 9.17) is 4.74 Å². The fraction of sp³-hybridized carbons (Fsp3) is 0.559. The van der Waals surface area contributed by atoms with Crippen LogP contribution in [0.3, 0.4) is 0 Å². The highest BCUT2D eigenvalue weighted by molar-refractivity contribution is 5.87. The third kappa shape index (κ3) is 11.1. The summed E-state index contributed by atoms with van der Waals surface area (Å²) in [5, 5.41) is 20.6. The van der Waals surface area contributed by atoms with Gasteiger partial charge in [-0.2, -0.15) is 0 Å². The number of carbonyl (C=O) groups is 3. The molecule has 8 nitrogen and oxygen atoms in total. The molecule has 0 spiro atoms. The van der Waals surface area contributed by atoms with Gasteiger partial charge >= 0.3 is 0 Å². The number of aliphatic hydroxyl groups excluding tert-OH is 1. The fourth-order valence-electron chi connectivity index (χ4n) is 5.68. The molecule has 1 aliphatic carbocycles. The molecule has 0 aromatic heterocycles. The highest BCUT2D eigenvalue weighted by Crippen LogP contribution is 2.29. The van der Waals surface area contributed by atoms with Gasteiger partial charge in [0.2, 0.25) is 17.7 Å². The number of aliphatic hydroxyl groups is 1. The van der Waals surface area contributed by atoms with Crippen LogP contribution in [0.25, 0.3) is 0 Å². The molecule has 3 unspecified atom stereocenters. The number of rotatable bonds is 15. The van der Waals surface area contributed by atoms with E-state index in [-0.39, 0.29) is 48.6 Å². The van der Waals surface area contributed by atoms with Gasteiger partial charge in [-0.1, -0.05) is 81.1 Å². The lowest BCUT2D eigenvalue weighted by Gasteiger charge is -2.35. The predicted octanol–water partition coefficient (Wildman–Crippen LogP) is 4.47. The van der Waals surface area contributed by atoms with Crippen molar-refractivity contribution in [3.05, 3.63) is 65.7 Å². The summed E-state index contributed by atoms with van der Waals surface area (Å²) in [6, 6.07) is 16.0. The Bertz CT molecular complexity index is 1120. The molecular formula is C34H49N3O5. The van der Waals surface area contributed by atoms with Gasteiger partial charge in [-0.3, -0.25) is 14.4 Å². The Morgan fingerprint density at radius 1 is 0.929 bits per heavy atom. The Morgan fingerprint density at radius 3 is 2.21 bits per heavy atom. The Morgan fingerprint density at radius 2 is 1.60 bits per heavy atom. The molecule has 2 aromatic carbocycles. The second-order valence-corrected chi connectivity index (χ2v) is 12.0. The lowest BCUT2D eigenvalue weighted by molar-refractivity contribution is -0.130. The van der Waals surface area contributed by atoms with E-state index in [1.807, 2.05) is 75.4 Å². The maximum atomic E-state index is 13.4. The SMILES string of the molecule is CC(=O)NC(C(=O)NC(C[C@H](O)C(Cc1ccccc1)NC(=O)CCOc1ccc(C)cc1)C1CCCCC1)C(C)C. The summed E-state index contributed by atoms with van der Waals surface area (Å²) in [6.45, 7) is 7.44. The molecule has 42 heavy (non-hydrogen) atoms. The Balaban J connectivity index is 1.71. The lowest BCUT2D eigenvalue weighted by atomic mass is 9.80. The van der Waals surface area contributed by atoms with Gasteiger partial charge in [-0.15, -0.1) is 0 Å². The maximum Gasteiger partial charge on any atom is 0.243 e. The van der Waals surface area contributed by atoms with Gasteiger partial charge in [0.05, 0.1) is 25.2 Å². The third-order valence-corrected chi connectivity index (χ3v) is 8.08. The van der Waals surface area contributed by atoms with Crippen LogP contribution in [0.1, 0.15) is 76.8 Å². The average molecular weight is 580 g/mol. The second kappa shape index (κ2) is 16.9. The summed E-state index contributed by atoms with van der Waals surface area (Å²) in [5.74, 6) is 0.150. The molecule has 4 atom stereocenters. The molecule has 3 rings (SSSR count). The summed E-state index contributed by atoms with van der Waals surface area (Å²) < 4.78 is 5.75. The van der Waals surface area contributed by atoms with E-state index in [2.05, 4.69) is 16.0 Å². The normalized spacial score (nSPS) is 16.6. The zero-order valence-corrected chi connectivity index (χ0v) is 25.6. The average Bonchev–Trinajstić information content (AvgIpc) is 2.97. The van der Waals surface area contributed by atoms with Crippen molar-refractivity contribution < 1.29 is 24.2 Å². The monoisotopic (exact) mass is 579 g/mol. The van der Waals surface area contributed by atoms with Crippen molar-refractivity contribution in [2.45, 2.75) is 103 Å². The third-order valence-electron chi connectivity index (χ3n) is 8.08. The highest BCUT2D eigenvalue weighted by Gasteiger charge is 2.33. The van der Waals surface area contributed by atoms with Gasteiger partial charge in [-0.05, 0) is 62.1 Å².